The van der Waals surface area contributed by atoms with E-state index in [0.717, 1.165) is 12.8 Å². The number of rotatable bonds is 4. The first-order valence-electron chi connectivity index (χ1n) is 6.82. The fourth-order valence-electron chi connectivity index (χ4n) is 2.71. The van der Waals surface area contributed by atoms with Crippen molar-refractivity contribution < 1.29 is 14.8 Å². The van der Waals surface area contributed by atoms with E-state index in [2.05, 4.69) is 0 Å². The number of nitro benzene ring substituents is 1. The van der Waals surface area contributed by atoms with Crippen LogP contribution < -0.4 is 0 Å². The first-order chi connectivity index (χ1) is 9.88. The van der Waals surface area contributed by atoms with Gasteiger partial charge in [-0.15, -0.1) is 0 Å². The Morgan fingerprint density at radius 2 is 2.29 bits per heavy atom. The molecule has 7 heteroatoms. The zero-order valence-electron chi connectivity index (χ0n) is 11.7. The molecule has 1 amide bonds. The number of halogens is 1. The third kappa shape index (κ3) is 3.71. The minimum Gasteiger partial charge on any atom is -0.393 e. The minimum atomic E-state index is -0.570. The predicted molar refractivity (Wildman–Crippen MR) is 78.5 cm³/mol. The van der Waals surface area contributed by atoms with Crippen molar-refractivity contribution in [3.05, 3.63) is 38.9 Å². The highest BCUT2D eigenvalue weighted by Crippen LogP contribution is 2.27. The molecule has 114 valence electrons. The van der Waals surface area contributed by atoms with Crippen LogP contribution in [0.1, 0.15) is 36.5 Å². The molecule has 0 aliphatic carbocycles. The monoisotopic (exact) mass is 312 g/mol. The van der Waals surface area contributed by atoms with E-state index in [9.17, 15) is 20.0 Å². The lowest BCUT2D eigenvalue weighted by Gasteiger charge is -2.25. The number of nitrogens with zero attached hydrogens (tertiary/aromatic N) is 2. The summed E-state index contributed by atoms with van der Waals surface area (Å²) in [6.45, 7) is 2.28. The van der Waals surface area contributed by atoms with Crippen LogP contribution in [0.2, 0.25) is 5.02 Å². The average Bonchev–Trinajstić information content (AvgIpc) is 2.84. The Balaban J connectivity index is 2.25. The topological polar surface area (TPSA) is 83.7 Å². The molecule has 1 aliphatic heterocycles. The Morgan fingerprint density at radius 3 is 2.90 bits per heavy atom. The van der Waals surface area contributed by atoms with E-state index in [1.807, 2.05) is 0 Å². The number of benzene rings is 1. The minimum absolute atomic E-state index is 0.0319. The molecule has 0 radical (unpaired) electrons. The van der Waals surface area contributed by atoms with Gasteiger partial charge >= 0.3 is 0 Å². The Bertz CT molecular complexity index is 562. The summed E-state index contributed by atoms with van der Waals surface area (Å²) in [5, 5.41) is 20.5. The second kappa shape index (κ2) is 6.41. The number of non-ortho nitro benzene ring substituents is 1. The Hall–Kier alpha value is -1.66. The lowest BCUT2D eigenvalue weighted by atomic mass is 10.1. The highest BCUT2D eigenvalue weighted by atomic mass is 35.5. The molecule has 6 nitrogen and oxygen atoms in total. The molecule has 2 atom stereocenters. The van der Waals surface area contributed by atoms with E-state index < -0.39 is 11.0 Å². The van der Waals surface area contributed by atoms with Gasteiger partial charge in [0, 0.05) is 35.3 Å². The summed E-state index contributed by atoms with van der Waals surface area (Å²) in [6.07, 6.45) is 1.72. The zero-order chi connectivity index (χ0) is 15.6. The van der Waals surface area contributed by atoms with Crippen LogP contribution in [-0.2, 0) is 0 Å². The third-order valence-electron chi connectivity index (χ3n) is 3.59. The molecule has 21 heavy (non-hydrogen) atoms. The van der Waals surface area contributed by atoms with E-state index >= 15 is 0 Å². The molecule has 1 aromatic carbocycles. The summed E-state index contributed by atoms with van der Waals surface area (Å²) in [7, 11) is 0. The number of carbonyl (C=O) groups is 1. The van der Waals surface area contributed by atoms with Crippen LogP contribution in [0.3, 0.4) is 0 Å². The molecule has 1 heterocycles. The lowest BCUT2D eigenvalue weighted by molar-refractivity contribution is -0.384. The fourth-order valence-corrected chi connectivity index (χ4v) is 2.94. The normalized spacial score (nSPS) is 19.6. The summed E-state index contributed by atoms with van der Waals surface area (Å²) in [5.74, 6) is -0.274. The van der Waals surface area contributed by atoms with Gasteiger partial charge in [-0.2, -0.15) is 0 Å². The number of aliphatic hydroxyl groups excluding tert-OH is 1. The van der Waals surface area contributed by atoms with E-state index in [1.165, 1.54) is 18.2 Å². The molecule has 1 saturated heterocycles. The highest BCUT2D eigenvalue weighted by molar-refractivity contribution is 6.31. The van der Waals surface area contributed by atoms with Gasteiger partial charge in [0.05, 0.1) is 11.0 Å². The number of aliphatic hydroxyl groups is 1. The van der Waals surface area contributed by atoms with Crippen molar-refractivity contribution in [2.45, 2.75) is 38.3 Å². The van der Waals surface area contributed by atoms with Crippen LogP contribution in [0.15, 0.2) is 18.2 Å². The first kappa shape index (κ1) is 15.7. The molecule has 2 rings (SSSR count). The van der Waals surface area contributed by atoms with Crippen molar-refractivity contribution in [2.24, 2.45) is 0 Å². The van der Waals surface area contributed by atoms with Crippen molar-refractivity contribution >= 4 is 23.2 Å². The van der Waals surface area contributed by atoms with Crippen molar-refractivity contribution in [1.82, 2.24) is 4.90 Å². The summed E-state index contributed by atoms with van der Waals surface area (Å²) >= 11 is 5.85. The third-order valence-corrected chi connectivity index (χ3v) is 3.81. The van der Waals surface area contributed by atoms with E-state index in [1.54, 1.807) is 11.8 Å². The largest absolute Gasteiger partial charge is 0.393 e. The summed E-state index contributed by atoms with van der Waals surface area (Å²) in [5.41, 5.74) is 0.0174. The predicted octanol–water partition coefficient (Wildman–Crippen LogP) is 2.62. The molecule has 0 saturated carbocycles. The molecule has 1 aromatic rings. The maximum absolute atomic E-state index is 12.5. The number of nitro groups is 1. The van der Waals surface area contributed by atoms with Gasteiger partial charge < -0.3 is 10.0 Å². The van der Waals surface area contributed by atoms with Gasteiger partial charge in [-0.3, -0.25) is 14.9 Å². The van der Waals surface area contributed by atoms with Gasteiger partial charge in [-0.05, 0) is 32.3 Å². The second-order valence-electron chi connectivity index (χ2n) is 5.33. The van der Waals surface area contributed by atoms with Crippen LogP contribution in [-0.4, -0.2) is 39.5 Å². The van der Waals surface area contributed by atoms with Crippen molar-refractivity contribution in [2.75, 3.05) is 6.54 Å². The van der Waals surface area contributed by atoms with Crippen LogP contribution in [0.4, 0.5) is 5.69 Å². The zero-order valence-corrected chi connectivity index (χ0v) is 12.4. The van der Waals surface area contributed by atoms with Crippen molar-refractivity contribution in [3.8, 4) is 0 Å². The molecule has 2 unspecified atom stereocenters. The smallest absolute Gasteiger partial charge is 0.271 e. The van der Waals surface area contributed by atoms with E-state index in [4.69, 9.17) is 11.6 Å². The van der Waals surface area contributed by atoms with Gasteiger partial charge in [0.25, 0.3) is 11.6 Å². The van der Waals surface area contributed by atoms with Crippen LogP contribution in [0.5, 0.6) is 0 Å². The van der Waals surface area contributed by atoms with Gasteiger partial charge in [-0.25, -0.2) is 0 Å². The molecular formula is C14H17ClN2O4. The highest BCUT2D eigenvalue weighted by Gasteiger charge is 2.30. The number of carbonyl (C=O) groups excluding carboxylic acids is 1. The van der Waals surface area contributed by atoms with Crippen molar-refractivity contribution in [3.63, 3.8) is 0 Å². The number of amides is 1. The van der Waals surface area contributed by atoms with E-state index in [-0.39, 0.29) is 28.2 Å². The van der Waals surface area contributed by atoms with Gasteiger partial charge in [0.1, 0.15) is 0 Å². The molecule has 0 spiro atoms. The molecule has 1 aliphatic rings. The fraction of sp³-hybridized carbons (Fsp3) is 0.500. The molecule has 0 aromatic heterocycles. The summed E-state index contributed by atoms with van der Waals surface area (Å²) in [4.78, 5) is 24.5. The Labute approximate surface area is 127 Å². The maximum atomic E-state index is 12.5. The molecule has 0 bridgehead atoms. The van der Waals surface area contributed by atoms with Gasteiger partial charge in [-0.1, -0.05) is 11.6 Å². The number of hydrogen-bond acceptors (Lipinski definition) is 4. The maximum Gasteiger partial charge on any atom is 0.271 e. The summed E-state index contributed by atoms with van der Waals surface area (Å²) in [6, 6.07) is 3.87. The second-order valence-corrected chi connectivity index (χ2v) is 5.77. The SMILES string of the molecule is CC(O)CC1CCCN1C(=O)c1cc(Cl)cc([N+](=O)[O-])c1. The molecule has 1 N–H and O–H groups in total. The number of hydrogen-bond donors (Lipinski definition) is 1. The summed E-state index contributed by atoms with van der Waals surface area (Å²) < 4.78 is 0. The van der Waals surface area contributed by atoms with Crippen molar-refractivity contribution in [1.29, 1.82) is 0 Å². The standard InChI is InChI=1S/C14H17ClN2O4/c1-9(18)5-12-3-2-4-16(12)14(19)10-6-11(15)8-13(7-10)17(20)21/h6-9,12,18H,2-5H2,1H3. The van der Waals surface area contributed by atoms with Crippen LogP contribution >= 0.6 is 11.6 Å². The van der Waals surface area contributed by atoms with Gasteiger partial charge in [0.15, 0.2) is 0 Å². The van der Waals surface area contributed by atoms with Crippen LogP contribution in [0, 0.1) is 10.1 Å². The van der Waals surface area contributed by atoms with Gasteiger partial charge in [0.2, 0.25) is 0 Å². The quantitative estimate of drug-likeness (QED) is 0.684. The average molecular weight is 313 g/mol. The molecular weight excluding hydrogens is 296 g/mol. The first-order valence-corrected chi connectivity index (χ1v) is 7.20. The van der Waals surface area contributed by atoms with E-state index in [0.29, 0.717) is 13.0 Å². The lowest BCUT2D eigenvalue weighted by Crippen LogP contribution is -2.37. The Morgan fingerprint density at radius 1 is 1.57 bits per heavy atom. The number of likely N-dealkylation sites (tertiary alicyclic amines) is 1. The molecule has 1 fully saturated rings. The Kier molecular flexibility index (Phi) is 4.80. The van der Waals surface area contributed by atoms with Crippen LogP contribution in [0.25, 0.3) is 0 Å².